The summed E-state index contributed by atoms with van der Waals surface area (Å²) in [6.45, 7) is 3.16. The molecule has 0 saturated carbocycles. The lowest BCUT2D eigenvalue weighted by Crippen LogP contribution is -2.33. The van der Waals surface area contributed by atoms with E-state index in [0.29, 0.717) is 24.6 Å². The van der Waals surface area contributed by atoms with Crippen LogP contribution in [0.15, 0.2) is 11.2 Å². The predicted octanol–water partition coefficient (Wildman–Crippen LogP) is 0.139. The number of sulfonamides is 1. The fourth-order valence-corrected chi connectivity index (χ4v) is 3.84. The lowest BCUT2D eigenvalue weighted by molar-refractivity contribution is 0.213. The zero-order chi connectivity index (χ0) is 15.3. The van der Waals surface area contributed by atoms with Gasteiger partial charge in [0.1, 0.15) is 0 Å². The number of H-pyrrole nitrogens is 1. The molecule has 0 aliphatic carbocycles. The number of likely N-dealkylation sites (tertiary alicyclic amines) is 1. The molecule has 1 saturated heterocycles. The molecule has 1 aromatic rings. The average Bonchev–Trinajstić information content (AvgIpc) is 2.90. The molecular formula is C13H25N5O2S. The van der Waals surface area contributed by atoms with Crippen LogP contribution in [0.3, 0.4) is 0 Å². The number of hydrogen-bond acceptors (Lipinski definition) is 5. The number of aromatic nitrogens is 2. The first-order valence-electron chi connectivity index (χ1n) is 7.38. The van der Waals surface area contributed by atoms with Gasteiger partial charge in [-0.1, -0.05) is 0 Å². The molecule has 2 rings (SSSR count). The maximum atomic E-state index is 12.3. The van der Waals surface area contributed by atoms with Gasteiger partial charge in [0.2, 0.25) is 0 Å². The molecule has 1 aliphatic heterocycles. The summed E-state index contributed by atoms with van der Waals surface area (Å²) >= 11 is 0. The Morgan fingerprint density at radius 1 is 1.43 bits per heavy atom. The van der Waals surface area contributed by atoms with Crippen molar-refractivity contribution in [2.75, 3.05) is 33.7 Å². The Bertz CT molecular complexity index is 535. The second kappa shape index (κ2) is 7.35. The van der Waals surface area contributed by atoms with Crippen LogP contribution in [-0.2, 0) is 16.6 Å². The Morgan fingerprint density at radius 3 is 2.81 bits per heavy atom. The summed E-state index contributed by atoms with van der Waals surface area (Å²) in [6.07, 6.45) is 4.73. The summed E-state index contributed by atoms with van der Waals surface area (Å²) in [5, 5.41) is 9.51. The van der Waals surface area contributed by atoms with Gasteiger partial charge in [-0.05, 0) is 52.4 Å². The third-order valence-corrected chi connectivity index (χ3v) is 5.47. The van der Waals surface area contributed by atoms with E-state index in [1.54, 1.807) is 13.2 Å². The van der Waals surface area contributed by atoms with Crippen molar-refractivity contribution in [3.63, 3.8) is 0 Å². The van der Waals surface area contributed by atoms with Crippen molar-refractivity contribution in [2.24, 2.45) is 5.92 Å². The average molecular weight is 315 g/mol. The highest BCUT2D eigenvalue weighted by molar-refractivity contribution is 7.89. The van der Waals surface area contributed by atoms with Crippen molar-refractivity contribution in [3.8, 4) is 0 Å². The highest BCUT2D eigenvalue weighted by Gasteiger charge is 2.21. The summed E-state index contributed by atoms with van der Waals surface area (Å²) in [5.41, 5.74) is 0.657. The van der Waals surface area contributed by atoms with Gasteiger partial charge in [0.15, 0.2) is 5.03 Å². The van der Waals surface area contributed by atoms with Crippen molar-refractivity contribution in [2.45, 2.75) is 30.8 Å². The van der Waals surface area contributed by atoms with Crippen LogP contribution in [0.4, 0.5) is 0 Å². The second-order valence-electron chi connectivity index (χ2n) is 5.69. The first kappa shape index (κ1) is 16.4. The molecule has 0 atom stereocenters. The van der Waals surface area contributed by atoms with E-state index in [2.05, 4.69) is 32.2 Å². The Hall–Kier alpha value is -0.960. The minimum absolute atomic E-state index is 0.167. The third kappa shape index (κ3) is 4.50. The number of nitrogens with zero attached hydrogens (tertiary/aromatic N) is 2. The van der Waals surface area contributed by atoms with Gasteiger partial charge in [0.05, 0.1) is 6.20 Å². The number of hydrogen-bond donors (Lipinski definition) is 3. The topological polar surface area (TPSA) is 90.1 Å². The SMILES string of the molecule is CNCc1cn[nH]c1S(=O)(=O)NCCC1CCN(C)CC1. The van der Waals surface area contributed by atoms with E-state index in [9.17, 15) is 8.42 Å². The summed E-state index contributed by atoms with van der Waals surface area (Å²) in [4.78, 5) is 2.31. The first-order chi connectivity index (χ1) is 10.0. The molecule has 2 heterocycles. The Morgan fingerprint density at radius 2 is 2.14 bits per heavy atom. The van der Waals surface area contributed by atoms with Crippen LogP contribution in [0.2, 0.25) is 0 Å². The maximum Gasteiger partial charge on any atom is 0.257 e. The lowest BCUT2D eigenvalue weighted by Gasteiger charge is -2.28. The molecule has 7 nitrogen and oxygen atoms in total. The lowest BCUT2D eigenvalue weighted by atomic mass is 9.94. The van der Waals surface area contributed by atoms with Crippen LogP contribution in [-0.4, -0.2) is 57.2 Å². The van der Waals surface area contributed by atoms with E-state index < -0.39 is 10.0 Å². The van der Waals surface area contributed by atoms with Gasteiger partial charge in [-0.2, -0.15) is 5.10 Å². The summed E-state index contributed by atoms with van der Waals surface area (Å²) in [5.74, 6) is 0.613. The highest BCUT2D eigenvalue weighted by Crippen LogP contribution is 2.19. The van der Waals surface area contributed by atoms with Crippen LogP contribution in [0.5, 0.6) is 0 Å². The van der Waals surface area contributed by atoms with Gasteiger partial charge < -0.3 is 10.2 Å². The zero-order valence-corrected chi connectivity index (χ0v) is 13.5. The van der Waals surface area contributed by atoms with Gasteiger partial charge in [-0.25, -0.2) is 13.1 Å². The molecule has 0 aromatic carbocycles. The largest absolute Gasteiger partial charge is 0.316 e. The maximum absolute atomic E-state index is 12.3. The quantitative estimate of drug-likeness (QED) is 0.666. The third-order valence-electron chi connectivity index (χ3n) is 4.00. The van der Waals surface area contributed by atoms with Gasteiger partial charge in [0, 0.05) is 18.7 Å². The molecule has 120 valence electrons. The van der Waals surface area contributed by atoms with Crippen LogP contribution in [0.25, 0.3) is 0 Å². The van der Waals surface area contributed by atoms with E-state index in [-0.39, 0.29) is 5.03 Å². The molecule has 1 aromatic heterocycles. The number of aromatic amines is 1. The second-order valence-corrected chi connectivity index (χ2v) is 7.39. The van der Waals surface area contributed by atoms with Gasteiger partial charge in [-0.15, -0.1) is 0 Å². The number of rotatable bonds is 7. The fraction of sp³-hybridized carbons (Fsp3) is 0.769. The van der Waals surface area contributed by atoms with Crippen LogP contribution >= 0.6 is 0 Å². The monoisotopic (exact) mass is 315 g/mol. The van der Waals surface area contributed by atoms with Crippen LogP contribution < -0.4 is 10.0 Å². The Labute approximate surface area is 126 Å². The zero-order valence-electron chi connectivity index (χ0n) is 12.7. The van der Waals surface area contributed by atoms with Gasteiger partial charge in [0.25, 0.3) is 10.0 Å². The fourth-order valence-electron chi connectivity index (χ4n) is 2.67. The van der Waals surface area contributed by atoms with E-state index in [1.165, 1.54) is 0 Å². The number of piperidine rings is 1. The predicted molar refractivity (Wildman–Crippen MR) is 81.4 cm³/mol. The van der Waals surface area contributed by atoms with E-state index >= 15 is 0 Å². The van der Waals surface area contributed by atoms with Crippen LogP contribution in [0, 0.1) is 5.92 Å². The molecule has 0 radical (unpaired) electrons. The summed E-state index contributed by atoms with van der Waals surface area (Å²) in [6, 6.07) is 0. The molecule has 21 heavy (non-hydrogen) atoms. The first-order valence-corrected chi connectivity index (χ1v) is 8.86. The Balaban J connectivity index is 1.85. The minimum Gasteiger partial charge on any atom is -0.316 e. The van der Waals surface area contributed by atoms with Crippen molar-refractivity contribution in [3.05, 3.63) is 11.8 Å². The summed E-state index contributed by atoms with van der Waals surface area (Å²) in [7, 11) is 0.400. The van der Waals surface area contributed by atoms with E-state index in [0.717, 1.165) is 32.4 Å². The normalized spacial score (nSPS) is 18.2. The van der Waals surface area contributed by atoms with Gasteiger partial charge >= 0.3 is 0 Å². The molecule has 0 spiro atoms. The van der Waals surface area contributed by atoms with E-state index in [4.69, 9.17) is 0 Å². The van der Waals surface area contributed by atoms with Crippen molar-refractivity contribution >= 4 is 10.0 Å². The highest BCUT2D eigenvalue weighted by atomic mass is 32.2. The van der Waals surface area contributed by atoms with Gasteiger partial charge in [-0.3, -0.25) is 5.10 Å². The molecule has 1 fully saturated rings. The number of nitrogens with one attached hydrogen (secondary N) is 3. The molecule has 0 bridgehead atoms. The van der Waals surface area contributed by atoms with E-state index in [1.807, 2.05) is 0 Å². The summed E-state index contributed by atoms with van der Waals surface area (Å²) < 4.78 is 27.2. The molecular weight excluding hydrogens is 290 g/mol. The standard InChI is InChI=1S/C13H25N5O2S/c1-14-9-12-10-15-17-13(12)21(19,20)16-6-3-11-4-7-18(2)8-5-11/h10-11,14,16H,3-9H2,1-2H3,(H,15,17). The minimum atomic E-state index is -3.50. The molecule has 0 unspecified atom stereocenters. The van der Waals surface area contributed by atoms with Crippen molar-refractivity contribution < 1.29 is 8.42 Å². The molecule has 0 amide bonds. The molecule has 1 aliphatic rings. The Kier molecular flexibility index (Phi) is 5.74. The van der Waals surface area contributed by atoms with Crippen molar-refractivity contribution in [1.29, 1.82) is 0 Å². The smallest absolute Gasteiger partial charge is 0.257 e. The molecule has 8 heteroatoms. The van der Waals surface area contributed by atoms with Crippen LogP contribution in [0.1, 0.15) is 24.8 Å². The van der Waals surface area contributed by atoms with Crippen molar-refractivity contribution in [1.82, 2.24) is 25.1 Å². The molecule has 3 N–H and O–H groups in total.